The van der Waals surface area contributed by atoms with Crippen molar-refractivity contribution in [2.24, 2.45) is 0 Å². The molecule has 0 unspecified atom stereocenters. The van der Waals surface area contributed by atoms with Crippen LogP contribution in [0.15, 0.2) is 46.9 Å². The number of carboxylic acid groups (broad SMARTS) is 1. The molecule has 0 bridgehead atoms. The zero-order valence-electron chi connectivity index (χ0n) is 11.8. The molecule has 23 heavy (non-hydrogen) atoms. The summed E-state index contributed by atoms with van der Waals surface area (Å²) >= 11 is 4.58. The molecule has 0 saturated heterocycles. The predicted octanol–water partition coefficient (Wildman–Crippen LogP) is 5.21. The van der Waals surface area contributed by atoms with Gasteiger partial charge in [0.05, 0.1) is 21.1 Å². The zero-order chi connectivity index (χ0) is 16.4. The van der Waals surface area contributed by atoms with E-state index in [1.807, 2.05) is 24.3 Å². The van der Waals surface area contributed by atoms with Gasteiger partial charge in [-0.1, -0.05) is 18.2 Å². The van der Waals surface area contributed by atoms with E-state index in [0.717, 1.165) is 10.2 Å². The Hall–Kier alpha value is -2.05. The Morgan fingerprint density at radius 3 is 2.78 bits per heavy atom. The van der Waals surface area contributed by atoms with Gasteiger partial charge in [-0.15, -0.1) is 11.3 Å². The number of hydrogen-bond acceptors (Lipinski definition) is 3. The van der Waals surface area contributed by atoms with Crippen molar-refractivity contribution >= 4 is 55.1 Å². The van der Waals surface area contributed by atoms with Gasteiger partial charge in [0.25, 0.3) is 0 Å². The molecule has 116 valence electrons. The van der Waals surface area contributed by atoms with Crippen LogP contribution in [0.3, 0.4) is 0 Å². The number of hydrogen-bond donors (Lipinski definition) is 1. The number of fused-ring (bicyclic) bond motifs is 1. The van der Waals surface area contributed by atoms with Crippen LogP contribution in [0, 0.1) is 5.82 Å². The summed E-state index contributed by atoms with van der Waals surface area (Å²) in [4.78, 5) is 15.7. The second-order valence-corrected chi connectivity index (χ2v) is 6.79. The Morgan fingerprint density at radius 1 is 1.30 bits per heavy atom. The van der Waals surface area contributed by atoms with Gasteiger partial charge in [0.15, 0.2) is 0 Å². The van der Waals surface area contributed by atoms with E-state index in [4.69, 9.17) is 5.11 Å². The molecule has 1 heterocycles. The molecular formula is C17H11BrFNO2S. The highest BCUT2D eigenvalue weighted by molar-refractivity contribution is 9.10. The molecule has 0 fully saturated rings. The largest absolute Gasteiger partial charge is 0.481 e. The van der Waals surface area contributed by atoms with E-state index < -0.39 is 5.97 Å². The van der Waals surface area contributed by atoms with Crippen molar-refractivity contribution in [3.8, 4) is 0 Å². The van der Waals surface area contributed by atoms with Crippen LogP contribution >= 0.6 is 27.3 Å². The minimum absolute atomic E-state index is 0.144. The van der Waals surface area contributed by atoms with E-state index in [0.29, 0.717) is 20.6 Å². The highest BCUT2D eigenvalue weighted by atomic mass is 79.9. The summed E-state index contributed by atoms with van der Waals surface area (Å²) in [6.07, 6.45) is 1.59. The van der Waals surface area contributed by atoms with Crippen molar-refractivity contribution in [2.75, 3.05) is 0 Å². The molecular weight excluding hydrogens is 381 g/mol. The molecule has 0 atom stereocenters. The first kappa shape index (κ1) is 15.8. The smallest absolute Gasteiger partial charge is 0.307 e. The van der Waals surface area contributed by atoms with Crippen LogP contribution in [0.5, 0.6) is 0 Å². The van der Waals surface area contributed by atoms with Crippen LogP contribution in [0.1, 0.15) is 17.0 Å². The van der Waals surface area contributed by atoms with Crippen molar-refractivity contribution in [3.63, 3.8) is 0 Å². The van der Waals surface area contributed by atoms with Gasteiger partial charge in [-0.2, -0.15) is 0 Å². The number of aromatic nitrogens is 1. The number of benzene rings is 2. The molecule has 0 radical (unpaired) electrons. The van der Waals surface area contributed by atoms with Gasteiger partial charge in [0, 0.05) is 0 Å². The number of carboxylic acids is 1. The van der Waals surface area contributed by atoms with E-state index in [-0.39, 0.29) is 12.2 Å². The Bertz CT molecular complexity index is 887. The lowest BCUT2D eigenvalue weighted by Gasteiger charge is -2.03. The van der Waals surface area contributed by atoms with Crippen LogP contribution in [0.2, 0.25) is 0 Å². The molecule has 3 aromatic rings. The first-order valence-electron chi connectivity index (χ1n) is 6.76. The van der Waals surface area contributed by atoms with Gasteiger partial charge in [-0.05, 0) is 57.4 Å². The third-order valence-corrected chi connectivity index (χ3v) is 4.91. The molecule has 0 aliphatic carbocycles. The number of thiazole rings is 1. The molecule has 0 spiro atoms. The molecule has 0 saturated carbocycles. The summed E-state index contributed by atoms with van der Waals surface area (Å²) in [5.74, 6) is -1.29. The van der Waals surface area contributed by atoms with E-state index in [9.17, 15) is 9.18 Å². The van der Waals surface area contributed by atoms with E-state index in [2.05, 4.69) is 20.9 Å². The monoisotopic (exact) mass is 391 g/mol. The van der Waals surface area contributed by atoms with Gasteiger partial charge in [0.1, 0.15) is 10.8 Å². The third kappa shape index (κ3) is 3.65. The quantitative estimate of drug-likeness (QED) is 0.663. The van der Waals surface area contributed by atoms with Gasteiger partial charge >= 0.3 is 5.97 Å². The molecule has 0 amide bonds. The summed E-state index contributed by atoms with van der Waals surface area (Å²) in [7, 11) is 0. The van der Waals surface area contributed by atoms with E-state index >= 15 is 0 Å². The van der Waals surface area contributed by atoms with Crippen molar-refractivity contribution < 1.29 is 14.3 Å². The molecule has 0 aliphatic rings. The molecule has 3 rings (SSSR count). The summed E-state index contributed by atoms with van der Waals surface area (Å²) in [6.45, 7) is 0. The van der Waals surface area contributed by atoms with E-state index in [1.54, 1.807) is 18.2 Å². The van der Waals surface area contributed by atoms with Crippen LogP contribution in [-0.4, -0.2) is 16.1 Å². The summed E-state index contributed by atoms with van der Waals surface area (Å²) in [5.41, 5.74) is 2.15. The van der Waals surface area contributed by atoms with Gasteiger partial charge in [0.2, 0.25) is 0 Å². The number of nitrogens with zero attached hydrogens (tertiary/aromatic N) is 1. The summed E-state index contributed by atoms with van der Waals surface area (Å²) in [6, 6.07) is 12.2. The van der Waals surface area contributed by atoms with Crippen LogP contribution in [-0.2, 0) is 4.79 Å². The average Bonchev–Trinajstić information content (AvgIpc) is 2.94. The van der Waals surface area contributed by atoms with Gasteiger partial charge < -0.3 is 5.11 Å². The number of carbonyl (C=O) groups is 1. The van der Waals surface area contributed by atoms with Crippen LogP contribution < -0.4 is 0 Å². The second kappa shape index (κ2) is 6.60. The normalized spacial score (nSPS) is 11.8. The van der Waals surface area contributed by atoms with Crippen molar-refractivity contribution in [1.82, 2.24) is 4.98 Å². The Labute approximate surface area is 144 Å². The standard InChI is InChI=1S/C17H11BrFNO2S/c18-12-8-10(5-6-13(12)19)7-11(9-16(21)22)17-20-14-3-1-2-4-15(14)23-17/h1-8H,9H2,(H,21,22)/b11-7-. The minimum atomic E-state index is -0.934. The maximum absolute atomic E-state index is 13.3. The van der Waals surface area contributed by atoms with Crippen molar-refractivity contribution in [1.29, 1.82) is 0 Å². The maximum Gasteiger partial charge on any atom is 0.307 e. The highest BCUT2D eigenvalue weighted by Gasteiger charge is 2.13. The lowest BCUT2D eigenvalue weighted by Crippen LogP contribution is -1.97. The number of para-hydroxylation sites is 1. The SMILES string of the molecule is O=C(O)C/C(=C/c1ccc(F)c(Br)c1)c1nc2ccccc2s1. The Morgan fingerprint density at radius 2 is 2.09 bits per heavy atom. The third-order valence-electron chi connectivity index (χ3n) is 3.19. The molecule has 6 heteroatoms. The van der Waals surface area contributed by atoms with Crippen LogP contribution in [0.25, 0.3) is 21.9 Å². The number of rotatable bonds is 4. The molecule has 1 aromatic heterocycles. The predicted molar refractivity (Wildman–Crippen MR) is 93.8 cm³/mol. The molecule has 1 N–H and O–H groups in total. The summed E-state index contributed by atoms with van der Waals surface area (Å²) < 4.78 is 14.7. The number of halogens is 2. The first-order chi connectivity index (χ1) is 11.0. The molecule has 3 nitrogen and oxygen atoms in total. The molecule has 0 aliphatic heterocycles. The van der Waals surface area contributed by atoms with Gasteiger partial charge in [-0.25, -0.2) is 9.37 Å². The summed E-state index contributed by atoms with van der Waals surface area (Å²) in [5, 5.41) is 9.82. The topological polar surface area (TPSA) is 50.2 Å². The fourth-order valence-corrected chi connectivity index (χ4v) is 3.54. The minimum Gasteiger partial charge on any atom is -0.481 e. The van der Waals surface area contributed by atoms with Crippen molar-refractivity contribution in [3.05, 3.63) is 63.3 Å². The fourth-order valence-electron chi connectivity index (χ4n) is 2.16. The van der Waals surface area contributed by atoms with E-state index in [1.165, 1.54) is 17.4 Å². The lowest BCUT2D eigenvalue weighted by atomic mass is 10.1. The number of aliphatic carboxylic acids is 1. The fraction of sp³-hybridized carbons (Fsp3) is 0.0588. The van der Waals surface area contributed by atoms with Crippen molar-refractivity contribution in [2.45, 2.75) is 6.42 Å². The first-order valence-corrected chi connectivity index (χ1v) is 8.37. The Balaban J connectivity index is 2.07. The zero-order valence-corrected chi connectivity index (χ0v) is 14.2. The second-order valence-electron chi connectivity index (χ2n) is 4.90. The van der Waals surface area contributed by atoms with Gasteiger partial charge in [-0.3, -0.25) is 4.79 Å². The average molecular weight is 392 g/mol. The highest BCUT2D eigenvalue weighted by Crippen LogP contribution is 2.30. The Kier molecular flexibility index (Phi) is 4.54. The van der Waals surface area contributed by atoms with Crippen LogP contribution in [0.4, 0.5) is 4.39 Å². The maximum atomic E-state index is 13.3. The lowest BCUT2D eigenvalue weighted by molar-refractivity contribution is -0.135. The molecule has 2 aromatic carbocycles.